The third-order valence-electron chi connectivity index (χ3n) is 5.68. The molecule has 1 saturated heterocycles. The second kappa shape index (κ2) is 8.61. The predicted octanol–water partition coefficient (Wildman–Crippen LogP) is 3.04. The van der Waals surface area contributed by atoms with Gasteiger partial charge in [-0.15, -0.1) is 0 Å². The number of fused-ring (bicyclic) bond motifs is 1. The van der Waals surface area contributed by atoms with Crippen LogP contribution in [0, 0.1) is 6.92 Å². The number of Topliss-reactive ketones (excluding diaryl/α,β-unsaturated/α-hetero) is 1. The monoisotopic (exact) mass is 407 g/mol. The Labute approximate surface area is 174 Å². The van der Waals surface area contributed by atoms with Crippen molar-refractivity contribution in [3.05, 3.63) is 47.4 Å². The molecule has 0 radical (unpaired) electrons. The van der Waals surface area contributed by atoms with Gasteiger partial charge in [0, 0.05) is 49.8 Å². The zero-order valence-electron chi connectivity index (χ0n) is 17.2. The van der Waals surface area contributed by atoms with Crippen LogP contribution in [0.15, 0.2) is 30.6 Å². The Morgan fingerprint density at radius 1 is 1.23 bits per heavy atom. The number of amides is 1. The molecule has 1 amide bonds. The Morgan fingerprint density at radius 3 is 2.87 bits per heavy atom. The first kappa shape index (κ1) is 20.0. The van der Waals surface area contributed by atoms with Crippen molar-refractivity contribution < 1.29 is 14.3 Å². The van der Waals surface area contributed by atoms with E-state index in [1.54, 1.807) is 31.6 Å². The number of rotatable bonds is 6. The topological polar surface area (TPSA) is 101 Å². The molecule has 0 spiro atoms. The van der Waals surface area contributed by atoms with Crippen LogP contribution in [0.4, 0.5) is 0 Å². The SMILES string of the molecule is COc1ccc(C(=O)CCC(=O)N2CCC[C@@H](c3[nH]nc4nccnc34)C2)cc1C. The number of carbonyl (C=O) groups excluding carboxylic acids is 2. The zero-order valence-corrected chi connectivity index (χ0v) is 17.2. The van der Waals surface area contributed by atoms with Gasteiger partial charge in [0.15, 0.2) is 11.4 Å². The number of methoxy groups -OCH3 is 1. The number of ketones is 1. The Kier molecular flexibility index (Phi) is 5.74. The van der Waals surface area contributed by atoms with Crippen LogP contribution >= 0.6 is 0 Å². The van der Waals surface area contributed by atoms with Crippen molar-refractivity contribution in [2.45, 2.75) is 38.5 Å². The molecule has 0 unspecified atom stereocenters. The van der Waals surface area contributed by atoms with E-state index in [9.17, 15) is 9.59 Å². The molecular weight excluding hydrogens is 382 g/mol. The molecule has 8 nitrogen and oxygen atoms in total. The maximum Gasteiger partial charge on any atom is 0.223 e. The molecule has 8 heteroatoms. The minimum Gasteiger partial charge on any atom is -0.496 e. The van der Waals surface area contributed by atoms with Crippen LogP contribution in [0.5, 0.6) is 5.75 Å². The van der Waals surface area contributed by atoms with Gasteiger partial charge < -0.3 is 9.64 Å². The van der Waals surface area contributed by atoms with Gasteiger partial charge >= 0.3 is 0 Å². The summed E-state index contributed by atoms with van der Waals surface area (Å²) in [7, 11) is 1.60. The molecule has 0 saturated carbocycles. The van der Waals surface area contributed by atoms with Crippen LogP contribution in [0.25, 0.3) is 11.2 Å². The number of aromatic nitrogens is 4. The van der Waals surface area contributed by atoms with Gasteiger partial charge in [-0.25, -0.2) is 9.97 Å². The summed E-state index contributed by atoms with van der Waals surface area (Å²) in [6.45, 7) is 3.21. The van der Waals surface area contributed by atoms with Gasteiger partial charge in [-0.3, -0.25) is 14.7 Å². The molecule has 0 bridgehead atoms. The van der Waals surface area contributed by atoms with Crippen molar-refractivity contribution in [3.8, 4) is 5.75 Å². The first-order valence-corrected chi connectivity index (χ1v) is 10.2. The highest BCUT2D eigenvalue weighted by molar-refractivity contribution is 5.98. The average molecular weight is 407 g/mol. The van der Waals surface area contributed by atoms with Crippen LogP contribution in [0.2, 0.25) is 0 Å². The van der Waals surface area contributed by atoms with Gasteiger partial charge in [0.1, 0.15) is 11.3 Å². The van der Waals surface area contributed by atoms with E-state index in [2.05, 4.69) is 20.2 Å². The van der Waals surface area contributed by atoms with Crippen LogP contribution in [-0.4, -0.2) is 57.0 Å². The van der Waals surface area contributed by atoms with Crippen molar-refractivity contribution in [1.82, 2.24) is 25.1 Å². The van der Waals surface area contributed by atoms with Crippen molar-refractivity contribution >= 4 is 22.9 Å². The van der Waals surface area contributed by atoms with E-state index in [-0.39, 0.29) is 30.4 Å². The quantitative estimate of drug-likeness (QED) is 0.630. The first-order valence-electron chi connectivity index (χ1n) is 10.2. The van der Waals surface area contributed by atoms with Gasteiger partial charge in [0.25, 0.3) is 0 Å². The van der Waals surface area contributed by atoms with Gasteiger partial charge in [-0.1, -0.05) is 0 Å². The molecule has 1 aliphatic rings. The Balaban J connectivity index is 1.37. The lowest BCUT2D eigenvalue weighted by atomic mass is 9.94. The molecule has 156 valence electrons. The maximum absolute atomic E-state index is 12.8. The van der Waals surface area contributed by atoms with Crippen molar-refractivity contribution in [3.63, 3.8) is 0 Å². The van der Waals surface area contributed by atoms with E-state index < -0.39 is 0 Å². The Morgan fingerprint density at radius 2 is 2.07 bits per heavy atom. The number of hydrogen-bond acceptors (Lipinski definition) is 6. The molecular formula is C22H25N5O3. The lowest BCUT2D eigenvalue weighted by Crippen LogP contribution is -2.39. The number of aromatic amines is 1. The van der Waals surface area contributed by atoms with E-state index in [4.69, 9.17) is 4.74 Å². The molecule has 3 aromatic rings. The highest BCUT2D eigenvalue weighted by atomic mass is 16.5. The van der Waals surface area contributed by atoms with E-state index in [1.165, 1.54) is 0 Å². The highest BCUT2D eigenvalue weighted by Gasteiger charge is 2.28. The lowest BCUT2D eigenvalue weighted by molar-refractivity contribution is -0.132. The van der Waals surface area contributed by atoms with Crippen molar-refractivity contribution in [2.75, 3.05) is 20.2 Å². The molecule has 1 N–H and O–H groups in total. The molecule has 1 aliphatic heterocycles. The minimum absolute atomic E-state index is 0.00758. The fourth-order valence-electron chi connectivity index (χ4n) is 4.07. The second-order valence-corrected chi connectivity index (χ2v) is 7.65. The van der Waals surface area contributed by atoms with Gasteiger partial charge in [-0.2, -0.15) is 5.10 Å². The standard InChI is InChI=1S/C22H25N5O3/c1-14-12-15(5-7-18(14)30-2)17(28)6-8-19(29)27-11-3-4-16(13-27)20-21-22(26-25-20)24-10-9-23-21/h5,7,9-10,12,16H,3-4,6,8,11,13H2,1-2H3,(H,24,25,26)/t16-/m1/s1. The summed E-state index contributed by atoms with van der Waals surface area (Å²) in [5.41, 5.74) is 3.81. The molecule has 3 heterocycles. The largest absolute Gasteiger partial charge is 0.496 e. The third-order valence-corrected chi connectivity index (χ3v) is 5.68. The summed E-state index contributed by atoms with van der Waals surface area (Å²) in [4.78, 5) is 35.8. The van der Waals surface area contributed by atoms with E-state index in [0.717, 1.165) is 35.4 Å². The zero-order chi connectivity index (χ0) is 21.1. The summed E-state index contributed by atoms with van der Waals surface area (Å²) in [6.07, 6.45) is 5.54. The number of nitrogens with one attached hydrogen (secondary N) is 1. The lowest BCUT2D eigenvalue weighted by Gasteiger charge is -2.32. The number of nitrogens with zero attached hydrogens (tertiary/aromatic N) is 4. The molecule has 0 aliphatic carbocycles. The fraction of sp³-hybridized carbons (Fsp3) is 0.409. The van der Waals surface area contributed by atoms with Crippen LogP contribution in [0.1, 0.15) is 53.2 Å². The first-order chi connectivity index (χ1) is 14.6. The second-order valence-electron chi connectivity index (χ2n) is 7.65. The van der Waals surface area contributed by atoms with Gasteiger partial charge in [0.05, 0.1) is 12.8 Å². The molecule has 1 fully saturated rings. The van der Waals surface area contributed by atoms with Crippen LogP contribution in [0.3, 0.4) is 0 Å². The van der Waals surface area contributed by atoms with E-state index >= 15 is 0 Å². The fourth-order valence-corrected chi connectivity index (χ4v) is 4.07. The van der Waals surface area contributed by atoms with E-state index in [0.29, 0.717) is 24.3 Å². The summed E-state index contributed by atoms with van der Waals surface area (Å²) in [5.74, 6) is 0.869. The van der Waals surface area contributed by atoms with Gasteiger partial charge in [-0.05, 0) is 43.5 Å². The number of hydrogen-bond donors (Lipinski definition) is 1. The highest BCUT2D eigenvalue weighted by Crippen LogP contribution is 2.29. The number of ether oxygens (including phenoxy) is 1. The number of piperidine rings is 1. The Hall–Kier alpha value is -3.29. The molecule has 2 aromatic heterocycles. The average Bonchev–Trinajstić information content (AvgIpc) is 3.21. The molecule has 4 rings (SSSR count). The molecule has 1 atom stereocenters. The maximum atomic E-state index is 12.8. The van der Waals surface area contributed by atoms with Crippen molar-refractivity contribution in [1.29, 1.82) is 0 Å². The Bertz CT molecular complexity index is 1080. The van der Waals surface area contributed by atoms with Crippen LogP contribution in [-0.2, 0) is 4.79 Å². The smallest absolute Gasteiger partial charge is 0.223 e. The summed E-state index contributed by atoms with van der Waals surface area (Å²) >= 11 is 0. The van der Waals surface area contributed by atoms with Gasteiger partial charge in [0.2, 0.25) is 5.91 Å². The summed E-state index contributed by atoms with van der Waals surface area (Å²) < 4.78 is 5.24. The third kappa shape index (κ3) is 4.03. The number of benzene rings is 1. The van der Waals surface area contributed by atoms with E-state index in [1.807, 2.05) is 17.9 Å². The predicted molar refractivity (Wildman–Crippen MR) is 112 cm³/mol. The summed E-state index contributed by atoms with van der Waals surface area (Å²) in [6, 6.07) is 5.35. The van der Waals surface area contributed by atoms with Crippen LogP contribution < -0.4 is 4.74 Å². The number of carbonyl (C=O) groups is 2. The molecule has 1 aromatic carbocycles. The summed E-state index contributed by atoms with van der Waals surface area (Å²) in [5, 5.41) is 7.27. The molecule has 30 heavy (non-hydrogen) atoms. The number of H-pyrrole nitrogens is 1. The van der Waals surface area contributed by atoms with Crippen molar-refractivity contribution in [2.24, 2.45) is 0 Å². The number of likely N-dealkylation sites (tertiary alicyclic amines) is 1. The number of aryl methyl sites for hydroxylation is 1. The normalized spacial score (nSPS) is 16.6. The minimum atomic E-state index is -0.0301.